The third kappa shape index (κ3) is 6.48. The summed E-state index contributed by atoms with van der Waals surface area (Å²) in [5.74, 6) is -0.147. The van der Waals surface area contributed by atoms with Gasteiger partial charge in [-0.25, -0.2) is 5.43 Å². The van der Waals surface area contributed by atoms with Crippen LogP contribution in [0.3, 0.4) is 0 Å². The smallest absolute Gasteiger partial charge is 0.271 e. The molecular weight excluding hydrogens is 589 g/mol. The van der Waals surface area contributed by atoms with Crippen LogP contribution < -0.4 is 15.1 Å². The number of amides is 2. The molecule has 0 unspecified atom stereocenters. The van der Waals surface area contributed by atoms with Crippen molar-refractivity contribution in [2.45, 2.75) is 0 Å². The molecule has 0 saturated carbocycles. The van der Waals surface area contributed by atoms with Crippen LogP contribution in [0.5, 0.6) is 11.5 Å². The van der Waals surface area contributed by atoms with Gasteiger partial charge in [-0.3, -0.25) is 14.6 Å². The highest BCUT2D eigenvalue weighted by Gasteiger charge is 2.24. The third-order valence-electron chi connectivity index (χ3n) is 6.63. The fourth-order valence-corrected chi connectivity index (χ4v) is 5.31. The average Bonchev–Trinajstić information content (AvgIpc) is 2.98. The molecule has 1 aliphatic rings. The van der Waals surface area contributed by atoms with Crippen molar-refractivity contribution in [3.8, 4) is 11.5 Å². The Labute approximate surface area is 250 Å². The first-order valence-corrected chi connectivity index (χ1v) is 13.7. The Balaban J connectivity index is 1.21. The molecule has 0 atom stereocenters. The number of rotatable bonds is 7. The highest BCUT2D eigenvalue weighted by Crippen LogP contribution is 2.33. The van der Waals surface area contributed by atoms with Gasteiger partial charge in [-0.15, -0.1) is 0 Å². The van der Waals surface area contributed by atoms with Gasteiger partial charge in [0.25, 0.3) is 11.8 Å². The number of halogens is 3. The van der Waals surface area contributed by atoms with Gasteiger partial charge >= 0.3 is 0 Å². The number of benzene rings is 3. The molecule has 41 heavy (non-hydrogen) atoms. The van der Waals surface area contributed by atoms with Crippen molar-refractivity contribution in [1.82, 2.24) is 15.3 Å². The minimum absolute atomic E-state index is 0.0729. The number of carbonyl (C=O) groups excluding carboxylic acids is 2. The zero-order chi connectivity index (χ0) is 28.9. The van der Waals surface area contributed by atoms with Gasteiger partial charge in [-0.05, 0) is 35.7 Å². The number of aromatic hydroxyl groups is 1. The number of piperazine rings is 1. The number of nitrogens with one attached hydrogen (secondary N) is 1. The number of hydrogen-bond acceptors (Lipinski definition) is 7. The molecule has 1 aromatic heterocycles. The maximum absolute atomic E-state index is 13.0. The van der Waals surface area contributed by atoms with E-state index in [1.807, 2.05) is 29.2 Å². The lowest BCUT2D eigenvalue weighted by Gasteiger charge is -2.36. The maximum Gasteiger partial charge on any atom is 0.271 e. The monoisotopic (exact) mass is 611 g/mol. The summed E-state index contributed by atoms with van der Waals surface area (Å²) >= 11 is 18.5. The van der Waals surface area contributed by atoms with Gasteiger partial charge < -0.3 is 19.6 Å². The Morgan fingerprint density at radius 3 is 2.37 bits per heavy atom. The zero-order valence-electron chi connectivity index (χ0n) is 21.6. The highest BCUT2D eigenvalue weighted by atomic mass is 35.5. The van der Waals surface area contributed by atoms with Gasteiger partial charge in [0.15, 0.2) is 6.61 Å². The lowest BCUT2D eigenvalue weighted by Crippen LogP contribution is -2.50. The standard InChI is InChI=1S/C29H24Cl3N5O4/c30-22-13-18(5-7-25(22)38)29(40)35-34-14-19-6-8-26(21-4-2-1-3-20(19)21)41-17-27(39)36-9-11-37(12-10-36)28-23(31)15-33-16-24(28)32/h1-8,13-16,38H,9-12,17H2,(H,35,40). The summed E-state index contributed by atoms with van der Waals surface area (Å²) in [4.78, 5) is 33.1. The van der Waals surface area contributed by atoms with Crippen LogP contribution in [0.4, 0.5) is 5.69 Å². The van der Waals surface area contributed by atoms with Crippen molar-refractivity contribution in [3.05, 3.63) is 93.2 Å². The van der Waals surface area contributed by atoms with E-state index in [0.717, 1.165) is 22.0 Å². The van der Waals surface area contributed by atoms with Crippen molar-refractivity contribution >= 4 is 69.3 Å². The maximum atomic E-state index is 13.0. The van der Waals surface area contributed by atoms with E-state index in [0.29, 0.717) is 42.0 Å². The van der Waals surface area contributed by atoms with E-state index in [1.165, 1.54) is 24.4 Å². The normalized spacial score (nSPS) is 13.5. The fourth-order valence-electron chi connectivity index (χ4n) is 4.52. The van der Waals surface area contributed by atoms with Crippen molar-refractivity contribution in [1.29, 1.82) is 0 Å². The minimum atomic E-state index is -0.473. The highest BCUT2D eigenvalue weighted by molar-refractivity contribution is 6.39. The van der Waals surface area contributed by atoms with Crippen molar-refractivity contribution in [3.63, 3.8) is 0 Å². The lowest BCUT2D eigenvalue weighted by molar-refractivity contribution is -0.133. The molecule has 210 valence electrons. The average molecular weight is 613 g/mol. The molecule has 2 N–H and O–H groups in total. The number of nitrogens with zero attached hydrogens (tertiary/aromatic N) is 4. The number of phenols is 1. The first-order chi connectivity index (χ1) is 19.8. The molecule has 9 nitrogen and oxygen atoms in total. The van der Waals surface area contributed by atoms with Crippen molar-refractivity contribution in [2.24, 2.45) is 5.10 Å². The zero-order valence-corrected chi connectivity index (χ0v) is 23.8. The van der Waals surface area contributed by atoms with Crippen LogP contribution in [0.25, 0.3) is 10.8 Å². The fraction of sp³-hybridized carbons (Fsp3) is 0.172. The molecule has 2 amide bonds. The summed E-state index contributed by atoms with van der Waals surface area (Å²) in [6, 6.07) is 15.3. The Morgan fingerprint density at radius 2 is 1.66 bits per heavy atom. The summed E-state index contributed by atoms with van der Waals surface area (Å²) in [6.45, 7) is 2.08. The number of pyridine rings is 1. The van der Waals surface area contributed by atoms with Crippen molar-refractivity contribution in [2.75, 3.05) is 37.7 Å². The summed E-state index contributed by atoms with van der Waals surface area (Å²) < 4.78 is 5.96. The molecule has 5 rings (SSSR count). The van der Waals surface area contributed by atoms with E-state index in [1.54, 1.807) is 29.4 Å². The first-order valence-electron chi connectivity index (χ1n) is 12.6. The van der Waals surface area contributed by atoms with Crippen LogP contribution >= 0.6 is 34.8 Å². The number of hydrazone groups is 1. The Bertz CT molecular complexity index is 1620. The Kier molecular flexibility index (Phi) is 8.78. The number of fused-ring (bicyclic) bond motifs is 1. The van der Waals surface area contributed by atoms with Crippen LogP contribution in [-0.2, 0) is 4.79 Å². The number of anilines is 1. The summed E-state index contributed by atoms with van der Waals surface area (Å²) in [6.07, 6.45) is 4.64. The SMILES string of the molecule is O=C(NN=Cc1ccc(OCC(=O)N2CCN(c3c(Cl)cncc3Cl)CC2)c2ccccc12)c1ccc(O)c(Cl)c1. The molecule has 1 aliphatic heterocycles. The van der Waals surface area contributed by atoms with E-state index >= 15 is 0 Å². The number of hydrogen-bond donors (Lipinski definition) is 2. The summed E-state index contributed by atoms with van der Waals surface area (Å²) in [7, 11) is 0. The van der Waals surface area contributed by atoms with E-state index in [2.05, 4.69) is 15.5 Å². The predicted octanol–water partition coefficient (Wildman–Crippen LogP) is 5.39. The molecule has 0 bridgehead atoms. The largest absolute Gasteiger partial charge is 0.506 e. The first kappa shape index (κ1) is 28.5. The Hall–Kier alpha value is -4.05. The van der Waals surface area contributed by atoms with Gasteiger partial charge in [0.2, 0.25) is 0 Å². The second-order valence-electron chi connectivity index (χ2n) is 9.17. The van der Waals surface area contributed by atoms with Crippen LogP contribution in [0.2, 0.25) is 15.1 Å². The predicted molar refractivity (Wildman–Crippen MR) is 161 cm³/mol. The van der Waals surface area contributed by atoms with E-state index < -0.39 is 5.91 Å². The van der Waals surface area contributed by atoms with Gasteiger partial charge in [0.05, 0.1) is 27.0 Å². The minimum Gasteiger partial charge on any atom is -0.506 e. The summed E-state index contributed by atoms with van der Waals surface area (Å²) in [5, 5.41) is 16.3. The quantitative estimate of drug-likeness (QED) is 0.214. The van der Waals surface area contributed by atoms with Crippen LogP contribution in [-0.4, -0.2) is 65.8 Å². The lowest BCUT2D eigenvalue weighted by atomic mass is 10.0. The van der Waals surface area contributed by atoms with Crippen LogP contribution in [0, 0.1) is 0 Å². The number of aromatic nitrogens is 1. The molecule has 0 spiro atoms. The number of carbonyl (C=O) groups is 2. The van der Waals surface area contributed by atoms with Gasteiger partial charge in [0, 0.05) is 55.1 Å². The molecule has 3 aromatic carbocycles. The van der Waals surface area contributed by atoms with Gasteiger partial charge in [-0.1, -0.05) is 59.1 Å². The number of phenolic OH excluding ortho intramolecular Hbond substituents is 1. The molecular formula is C29H24Cl3N5O4. The van der Waals surface area contributed by atoms with Gasteiger partial charge in [-0.2, -0.15) is 5.10 Å². The topological polar surface area (TPSA) is 107 Å². The van der Waals surface area contributed by atoms with E-state index in [9.17, 15) is 14.7 Å². The molecule has 0 aliphatic carbocycles. The number of ether oxygens (including phenoxy) is 1. The van der Waals surface area contributed by atoms with Gasteiger partial charge in [0.1, 0.15) is 11.5 Å². The van der Waals surface area contributed by atoms with E-state index in [4.69, 9.17) is 39.5 Å². The Morgan fingerprint density at radius 1 is 0.951 bits per heavy atom. The molecule has 4 aromatic rings. The third-order valence-corrected chi connectivity index (χ3v) is 7.48. The molecule has 0 radical (unpaired) electrons. The molecule has 2 heterocycles. The molecule has 1 fully saturated rings. The van der Waals surface area contributed by atoms with Crippen LogP contribution in [0.1, 0.15) is 15.9 Å². The van der Waals surface area contributed by atoms with Crippen LogP contribution in [0.15, 0.2) is 72.1 Å². The second-order valence-corrected chi connectivity index (χ2v) is 10.4. The van der Waals surface area contributed by atoms with E-state index in [-0.39, 0.29) is 28.8 Å². The molecule has 1 saturated heterocycles. The van der Waals surface area contributed by atoms with Crippen molar-refractivity contribution < 1.29 is 19.4 Å². The second kappa shape index (κ2) is 12.6. The summed E-state index contributed by atoms with van der Waals surface area (Å²) in [5.41, 5.74) is 4.19. The molecule has 12 heteroatoms.